The van der Waals surface area contributed by atoms with Crippen LogP contribution < -0.4 is 0 Å². The van der Waals surface area contributed by atoms with Gasteiger partial charge in [-0.05, 0) is 19.1 Å². The number of ketones is 1. The monoisotopic (exact) mass is 150 g/mol. The molecular formula is C8H10N2O. The van der Waals surface area contributed by atoms with Gasteiger partial charge in [0.05, 0.1) is 0 Å². The van der Waals surface area contributed by atoms with Gasteiger partial charge in [0, 0.05) is 13.2 Å². The van der Waals surface area contributed by atoms with Crippen LogP contribution in [-0.4, -0.2) is 15.6 Å². The summed E-state index contributed by atoms with van der Waals surface area (Å²) in [5.74, 6) is -0.00694. The van der Waals surface area contributed by atoms with E-state index in [1.54, 1.807) is 30.1 Å². The number of aromatic nitrogens is 2. The van der Waals surface area contributed by atoms with Crippen LogP contribution in [0, 0.1) is 0 Å². The van der Waals surface area contributed by atoms with Gasteiger partial charge in [0.1, 0.15) is 5.69 Å². The molecule has 0 aromatic carbocycles. The van der Waals surface area contributed by atoms with Crippen LogP contribution in [0.15, 0.2) is 24.4 Å². The van der Waals surface area contributed by atoms with Crippen molar-refractivity contribution >= 4 is 5.78 Å². The Bertz CT molecular complexity index is 286. The van der Waals surface area contributed by atoms with Gasteiger partial charge in [0.25, 0.3) is 0 Å². The predicted molar refractivity (Wildman–Crippen MR) is 42.4 cm³/mol. The van der Waals surface area contributed by atoms with Crippen molar-refractivity contribution in [3.63, 3.8) is 0 Å². The molecule has 3 nitrogen and oxygen atoms in total. The van der Waals surface area contributed by atoms with E-state index in [4.69, 9.17) is 0 Å². The number of allylic oxidation sites excluding steroid dienone is 2. The normalized spacial score (nSPS) is 10.7. The molecule has 0 aliphatic rings. The second-order valence-electron chi connectivity index (χ2n) is 2.20. The number of hydrogen-bond acceptors (Lipinski definition) is 2. The van der Waals surface area contributed by atoms with Crippen molar-refractivity contribution in [1.29, 1.82) is 0 Å². The highest BCUT2D eigenvalue weighted by Gasteiger charge is 2.04. The third-order valence-electron chi connectivity index (χ3n) is 1.39. The Labute approximate surface area is 65.3 Å². The maximum atomic E-state index is 11.2. The zero-order valence-electron chi connectivity index (χ0n) is 6.61. The van der Waals surface area contributed by atoms with Crippen LogP contribution in [0.4, 0.5) is 0 Å². The van der Waals surface area contributed by atoms with Crippen LogP contribution in [0.25, 0.3) is 0 Å². The fourth-order valence-electron chi connectivity index (χ4n) is 0.852. The molecule has 1 aromatic heterocycles. The zero-order valence-corrected chi connectivity index (χ0v) is 6.61. The molecule has 0 saturated heterocycles. The molecule has 0 unspecified atom stereocenters. The SMILES string of the molecule is C/C=C/C(=O)c1ccnn1C. The first-order valence-electron chi connectivity index (χ1n) is 3.40. The third kappa shape index (κ3) is 1.55. The summed E-state index contributed by atoms with van der Waals surface area (Å²) >= 11 is 0. The summed E-state index contributed by atoms with van der Waals surface area (Å²) in [7, 11) is 1.75. The average Bonchev–Trinajstić information content (AvgIpc) is 2.36. The van der Waals surface area contributed by atoms with Gasteiger partial charge in [-0.1, -0.05) is 6.08 Å². The van der Waals surface area contributed by atoms with Crippen molar-refractivity contribution in [2.45, 2.75) is 6.92 Å². The Kier molecular flexibility index (Phi) is 2.21. The molecule has 0 atom stereocenters. The maximum Gasteiger partial charge on any atom is 0.203 e. The number of nitrogens with zero attached hydrogens (tertiary/aromatic N) is 2. The lowest BCUT2D eigenvalue weighted by Crippen LogP contribution is -2.03. The number of hydrogen-bond donors (Lipinski definition) is 0. The van der Waals surface area contributed by atoms with Gasteiger partial charge in [0.2, 0.25) is 5.78 Å². The molecule has 1 rings (SSSR count). The summed E-state index contributed by atoms with van der Waals surface area (Å²) in [6, 6.07) is 1.70. The van der Waals surface area contributed by atoms with Gasteiger partial charge in [-0.25, -0.2) is 0 Å². The smallest absolute Gasteiger partial charge is 0.203 e. The summed E-state index contributed by atoms with van der Waals surface area (Å²) in [6.07, 6.45) is 4.85. The molecule has 58 valence electrons. The van der Waals surface area contributed by atoms with E-state index in [1.807, 2.05) is 6.92 Å². The van der Waals surface area contributed by atoms with Gasteiger partial charge in [-0.2, -0.15) is 5.10 Å². The van der Waals surface area contributed by atoms with Gasteiger partial charge in [-0.15, -0.1) is 0 Å². The van der Waals surface area contributed by atoms with E-state index in [0.29, 0.717) is 5.69 Å². The van der Waals surface area contributed by atoms with E-state index in [1.165, 1.54) is 6.08 Å². The molecule has 0 bridgehead atoms. The molecule has 11 heavy (non-hydrogen) atoms. The first-order chi connectivity index (χ1) is 5.25. The zero-order chi connectivity index (χ0) is 8.27. The van der Waals surface area contributed by atoms with Crippen LogP contribution in [-0.2, 0) is 7.05 Å². The molecule has 0 radical (unpaired) electrons. The van der Waals surface area contributed by atoms with Crippen molar-refractivity contribution in [3.05, 3.63) is 30.1 Å². The molecule has 0 aliphatic carbocycles. The molecule has 1 heterocycles. The highest BCUT2D eigenvalue weighted by atomic mass is 16.1. The molecular weight excluding hydrogens is 140 g/mol. The molecule has 0 amide bonds. The Balaban J connectivity index is 2.93. The van der Waals surface area contributed by atoms with E-state index >= 15 is 0 Å². The molecule has 0 aliphatic heterocycles. The number of rotatable bonds is 2. The van der Waals surface area contributed by atoms with E-state index in [-0.39, 0.29) is 5.78 Å². The Hall–Kier alpha value is -1.38. The number of carbonyl (C=O) groups excluding carboxylic acids is 1. The van der Waals surface area contributed by atoms with Crippen LogP contribution in [0.5, 0.6) is 0 Å². The summed E-state index contributed by atoms with van der Waals surface area (Å²) in [6.45, 7) is 1.81. The Morgan fingerprint density at radius 2 is 2.45 bits per heavy atom. The first kappa shape index (κ1) is 7.72. The molecule has 0 spiro atoms. The molecule has 1 aromatic rings. The Morgan fingerprint density at radius 1 is 1.73 bits per heavy atom. The minimum atomic E-state index is -0.00694. The van der Waals surface area contributed by atoms with Gasteiger partial charge in [0.15, 0.2) is 0 Å². The third-order valence-corrected chi connectivity index (χ3v) is 1.39. The lowest BCUT2D eigenvalue weighted by Gasteiger charge is -1.93. The minimum absolute atomic E-state index is 0.00694. The quantitative estimate of drug-likeness (QED) is 0.468. The van der Waals surface area contributed by atoms with Crippen LogP contribution in [0.1, 0.15) is 17.4 Å². The van der Waals surface area contributed by atoms with Crippen LogP contribution >= 0.6 is 0 Å². The van der Waals surface area contributed by atoms with Crippen molar-refractivity contribution in [2.75, 3.05) is 0 Å². The second kappa shape index (κ2) is 3.14. The van der Waals surface area contributed by atoms with E-state index in [2.05, 4.69) is 5.10 Å². The largest absolute Gasteiger partial charge is 0.288 e. The molecule has 3 heteroatoms. The van der Waals surface area contributed by atoms with Crippen molar-refractivity contribution in [3.8, 4) is 0 Å². The number of aryl methyl sites for hydroxylation is 1. The topological polar surface area (TPSA) is 34.9 Å². The number of carbonyl (C=O) groups is 1. The van der Waals surface area contributed by atoms with Crippen LogP contribution in [0.3, 0.4) is 0 Å². The van der Waals surface area contributed by atoms with Crippen LogP contribution in [0.2, 0.25) is 0 Å². The maximum absolute atomic E-state index is 11.2. The highest BCUT2D eigenvalue weighted by molar-refractivity contribution is 6.03. The summed E-state index contributed by atoms with van der Waals surface area (Å²) in [5.41, 5.74) is 0.614. The fourth-order valence-corrected chi connectivity index (χ4v) is 0.852. The van der Waals surface area contributed by atoms with E-state index in [9.17, 15) is 4.79 Å². The van der Waals surface area contributed by atoms with Crippen molar-refractivity contribution in [2.24, 2.45) is 7.05 Å². The van der Waals surface area contributed by atoms with E-state index < -0.39 is 0 Å². The first-order valence-corrected chi connectivity index (χ1v) is 3.40. The van der Waals surface area contributed by atoms with Gasteiger partial charge < -0.3 is 0 Å². The Morgan fingerprint density at radius 3 is 2.91 bits per heavy atom. The lowest BCUT2D eigenvalue weighted by molar-refractivity contribution is 0.103. The van der Waals surface area contributed by atoms with Crippen molar-refractivity contribution in [1.82, 2.24) is 9.78 Å². The fraction of sp³-hybridized carbons (Fsp3) is 0.250. The summed E-state index contributed by atoms with van der Waals surface area (Å²) < 4.78 is 1.56. The molecule has 0 saturated carbocycles. The lowest BCUT2D eigenvalue weighted by atomic mass is 10.2. The molecule has 0 fully saturated rings. The molecule has 0 N–H and O–H groups in total. The van der Waals surface area contributed by atoms with Gasteiger partial charge in [-0.3, -0.25) is 9.48 Å². The van der Waals surface area contributed by atoms with Crippen molar-refractivity contribution < 1.29 is 4.79 Å². The second-order valence-corrected chi connectivity index (χ2v) is 2.20. The predicted octanol–water partition coefficient (Wildman–Crippen LogP) is 1.18. The van der Waals surface area contributed by atoms with E-state index in [0.717, 1.165) is 0 Å². The summed E-state index contributed by atoms with van der Waals surface area (Å²) in [5, 5.41) is 3.88. The standard InChI is InChI=1S/C8H10N2O/c1-3-4-8(11)7-5-6-9-10(7)2/h3-6H,1-2H3/b4-3+. The highest BCUT2D eigenvalue weighted by Crippen LogP contribution is 1.98. The van der Waals surface area contributed by atoms with Gasteiger partial charge >= 0.3 is 0 Å². The summed E-state index contributed by atoms with van der Waals surface area (Å²) in [4.78, 5) is 11.2. The minimum Gasteiger partial charge on any atom is -0.288 e. The average molecular weight is 150 g/mol.